The van der Waals surface area contributed by atoms with Crippen molar-refractivity contribution in [1.29, 1.82) is 0 Å². The van der Waals surface area contributed by atoms with Gasteiger partial charge in [0.15, 0.2) is 18.1 Å². The molecule has 3 aliphatic heterocycles. The highest BCUT2D eigenvalue weighted by atomic mass is 16.7. The number of hydrogen-bond donors (Lipinski definition) is 0. The van der Waals surface area contributed by atoms with Crippen LogP contribution < -0.4 is 14.2 Å². The fraction of sp³-hybridized carbons (Fsp3) is 0.556. The van der Waals surface area contributed by atoms with Crippen LogP contribution in [0.3, 0.4) is 0 Å². The third-order valence-electron chi connectivity index (χ3n) is 5.36. The second-order valence-corrected chi connectivity index (χ2v) is 6.98. The Balaban J connectivity index is 1.35. The highest BCUT2D eigenvalue weighted by molar-refractivity contribution is 5.86. The van der Waals surface area contributed by atoms with Crippen LogP contribution in [0.25, 0.3) is 0 Å². The van der Waals surface area contributed by atoms with E-state index < -0.39 is 0 Å². The Morgan fingerprint density at radius 3 is 2.96 bits per heavy atom. The maximum atomic E-state index is 12.5. The standard InChI is InChI=1S/C18H22N2O5/c1-19-7-2-5-18(17(19)22)6-8-20(11-18)16(21)10-23-13-3-4-14-15(9-13)25-12-24-14/h3-4,9H,2,5-8,10-12H2,1H3/t18-/m1/s1. The van der Waals surface area contributed by atoms with E-state index in [2.05, 4.69) is 0 Å². The molecule has 0 N–H and O–H groups in total. The van der Waals surface area contributed by atoms with Crippen LogP contribution >= 0.6 is 0 Å². The second-order valence-electron chi connectivity index (χ2n) is 6.98. The van der Waals surface area contributed by atoms with Gasteiger partial charge in [-0.1, -0.05) is 0 Å². The minimum Gasteiger partial charge on any atom is -0.484 e. The van der Waals surface area contributed by atoms with Gasteiger partial charge in [0.1, 0.15) is 5.75 Å². The molecular weight excluding hydrogens is 324 g/mol. The third kappa shape index (κ3) is 2.88. The zero-order valence-corrected chi connectivity index (χ0v) is 14.3. The van der Waals surface area contributed by atoms with Gasteiger partial charge < -0.3 is 24.0 Å². The molecule has 1 aromatic carbocycles. The summed E-state index contributed by atoms with van der Waals surface area (Å²) >= 11 is 0. The molecule has 134 valence electrons. The molecule has 3 heterocycles. The number of hydrogen-bond acceptors (Lipinski definition) is 5. The van der Waals surface area contributed by atoms with Crippen molar-refractivity contribution in [2.75, 3.05) is 40.1 Å². The number of ether oxygens (including phenoxy) is 3. The molecule has 1 atom stereocenters. The van der Waals surface area contributed by atoms with Gasteiger partial charge in [-0.15, -0.1) is 0 Å². The fourth-order valence-electron chi connectivity index (χ4n) is 3.93. The SMILES string of the molecule is CN1CCC[C@]2(CCN(C(=O)COc3ccc4c(c3)OCO4)C2)C1=O. The van der Waals surface area contributed by atoms with Crippen LogP contribution in [0.5, 0.6) is 17.2 Å². The maximum absolute atomic E-state index is 12.5. The number of rotatable bonds is 3. The number of carbonyl (C=O) groups excluding carboxylic acids is 2. The van der Waals surface area contributed by atoms with Gasteiger partial charge in [0, 0.05) is 32.7 Å². The number of nitrogens with zero attached hydrogens (tertiary/aromatic N) is 2. The molecule has 2 saturated heterocycles. The van der Waals surface area contributed by atoms with Crippen molar-refractivity contribution < 1.29 is 23.8 Å². The summed E-state index contributed by atoms with van der Waals surface area (Å²) in [4.78, 5) is 28.6. The van der Waals surface area contributed by atoms with Crippen molar-refractivity contribution in [1.82, 2.24) is 9.80 Å². The molecule has 1 spiro atoms. The monoisotopic (exact) mass is 346 g/mol. The number of amides is 2. The molecule has 2 amide bonds. The van der Waals surface area contributed by atoms with Crippen molar-refractivity contribution in [2.45, 2.75) is 19.3 Å². The molecule has 7 heteroatoms. The maximum Gasteiger partial charge on any atom is 0.260 e. The Bertz CT molecular complexity index is 707. The van der Waals surface area contributed by atoms with E-state index in [-0.39, 0.29) is 30.6 Å². The lowest BCUT2D eigenvalue weighted by Gasteiger charge is -2.37. The van der Waals surface area contributed by atoms with Crippen molar-refractivity contribution >= 4 is 11.8 Å². The van der Waals surface area contributed by atoms with Crippen LogP contribution in [0.4, 0.5) is 0 Å². The van der Waals surface area contributed by atoms with Gasteiger partial charge >= 0.3 is 0 Å². The summed E-state index contributed by atoms with van der Waals surface area (Å²) in [6.07, 6.45) is 2.60. The molecule has 0 unspecified atom stereocenters. The normalized spacial score (nSPS) is 24.9. The van der Waals surface area contributed by atoms with Crippen LogP contribution in [-0.4, -0.2) is 61.7 Å². The van der Waals surface area contributed by atoms with Crippen molar-refractivity contribution in [3.8, 4) is 17.2 Å². The molecule has 4 rings (SSSR count). The van der Waals surface area contributed by atoms with E-state index in [1.165, 1.54) is 0 Å². The molecule has 3 aliphatic rings. The molecular formula is C18H22N2O5. The highest BCUT2D eigenvalue weighted by Crippen LogP contribution is 2.40. The Kier molecular flexibility index (Phi) is 3.94. The van der Waals surface area contributed by atoms with Gasteiger partial charge in [-0.3, -0.25) is 9.59 Å². The summed E-state index contributed by atoms with van der Waals surface area (Å²) in [5, 5.41) is 0. The Morgan fingerprint density at radius 2 is 2.08 bits per heavy atom. The van der Waals surface area contributed by atoms with Crippen LogP contribution in [0, 0.1) is 5.41 Å². The van der Waals surface area contributed by atoms with Crippen LogP contribution in [0.1, 0.15) is 19.3 Å². The van der Waals surface area contributed by atoms with Gasteiger partial charge in [-0.2, -0.15) is 0 Å². The molecule has 0 bridgehead atoms. The lowest BCUT2D eigenvalue weighted by atomic mass is 9.78. The molecule has 0 radical (unpaired) electrons. The summed E-state index contributed by atoms with van der Waals surface area (Å²) in [6, 6.07) is 5.25. The number of piperidine rings is 1. The Labute approximate surface area is 146 Å². The summed E-state index contributed by atoms with van der Waals surface area (Å²) in [6.45, 7) is 2.08. The molecule has 0 aromatic heterocycles. The van der Waals surface area contributed by atoms with Crippen molar-refractivity contribution in [3.05, 3.63) is 18.2 Å². The second kappa shape index (κ2) is 6.13. The first-order valence-corrected chi connectivity index (χ1v) is 8.63. The lowest BCUT2D eigenvalue weighted by molar-refractivity contribution is -0.144. The number of carbonyl (C=O) groups is 2. The van der Waals surface area contributed by atoms with E-state index in [0.717, 1.165) is 25.8 Å². The fourth-order valence-corrected chi connectivity index (χ4v) is 3.93. The van der Waals surface area contributed by atoms with E-state index in [0.29, 0.717) is 30.3 Å². The number of likely N-dealkylation sites (tertiary alicyclic amines) is 2. The minimum atomic E-state index is -0.387. The quantitative estimate of drug-likeness (QED) is 0.824. The molecule has 0 aliphatic carbocycles. The Hall–Kier alpha value is -2.44. The Morgan fingerprint density at radius 1 is 1.24 bits per heavy atom. The highest BCUT2D eigenvalue weighted by Gasteiger charge is 2.48. The molecule has 7 nitrogen and oxygen atoms in total. The van der Waals surface area contributed by atoms with Gasteiger partial charge in [0.25, 0.3) is 5.91 Å². The predicted octanol–water partition coefficient (Wildman–Crippen LogP) is 1.26. The van der Waals surface area contributed by atoms with Gasteiger partial charge in [-0.25, -0.2) is 0 Å². The first-order valence-electron chi connectivity index (χ1n) is 8.63. The topological polar surface area (TPSA) is 68.3 Å². The zero-order valence-electron chi connectivity index (χ0n) is 14.3. The lowest BCUT2D eigenvalue weighted by Crippen LogP contribution is -2.48. The van der Waals surface area contributed by atoms with E-state index in [4.69, 9.17) is 14.2 Å². The largest absolute Gasteiger partial charge is 0.484 e. The molecule has 25 heavy (non-hydrogen) atoms. The van der Waals surface area contributed by atoms with Gasteiger partial charge in [0.05, 0.1) is 5.41 Å². The molecule has 0 saturated carbocycles. The average Bonchev–Trinajstić information content (AvgIpc) is 3.25. The van der Waals surface area contributed by atoms with Crippen LogP contribution in [-0.2, 0) is 9.59 Å². The molecule has 2 fully saturated rings. The van der Waals surface area contributed by atoms with E-state index in [9.17, 15) is 9.59 Å². The first kappa shape index (κ1) is 16.1. The van der Waals surface area contributed by atoms with E-state index in [1.54, 1.807) is 28.0 Å². The van der Waals surface area contributed by atoms with Crippen LogP contribution in [0.15, 0.2) is 18.2 Å². The van der Waals surface area contributed by atoms with Crippen molar-refractivity contribution in [2.24, 2.45) is 5.41 Å². The zero-order chi connectivity index (χ0) is 17.4. The van der Waals surface area contributed by atoms with Crippen LogP contribution in [0.2, 0.25) is 0 Å². The number of benzene rings is 1. The summed E-state index contributed by atoms with van der Waals surface area (Å²) < 4.78 is 16.2. The van der Waals surface area contributed by atoms with Gasteiger partial charge in [0.2, 0.25) is 12.7 Å². The smallest absolute Gasteiger partial charge is 0.260 e. The van der Waals surface area contributed by atoms with Gasteiger partial charge in [-0.05, 0) is 31.4 Å². The summed E-state index contributed by atoms with van der Waals surface area (Å²) in [5.41, 5.74) is -0.387. The first-order chi connectivity index (χ1) is 12.1. The minimum absolute atomic E-state index is 0.0419. The number of fused-ring (bicyclic) bond motifs is 1. The van der Waals surface area contributed by atoms with E-state index in [1.807, 2.05) is 7.05 Å². The average molecular weight is 346 g/mol. The third-order valence-corrected chi connectivity index (χ3v) is 5.36. The van der Waals surface area contributed by atoms with Crippen molar-refractivity contribution in [3.63, 3.8) is 0 Å². The summed E-state index contributed by atoms with van der Waals surface area (Å²) in [5.74, 6) is 1.96. The summed E-state index contributed by atoms with van der Waals surface area (Å²) in [7, 11) is 1.84. The molecule has 1 aromatic rings. The van der Waals surface area contributed by atoms with E-state index >= 15 is 0 Å². The predicted molar refractivity (Wildman–Crippen MR) is 88.6 cm³/mol.